The van der Waals surface area contributed by atoms with Gasteiger partial charge in [0.05, 0.1) is 9.40 Å². The van der Waals surface area contributed by atoms with Crippen LogP contribution in [-0.2, 0) is 0 Å². The molecule has 0 saturated carbocycles. The Balaban J connectivity index is 2.40. The molecule has 1 heterocycles. The Hall–Kier alpha value is -1.18. The third kappa shape index (κ3) is 3.72. The van der Waals surface area contributed by atoms with Crippen LogP contribution in [0.4, 0.5) is 5.69 Å². The third-order valence-corrected chi connectivity index (χ3v) is 4.41. The monoisotopic (exact) mass is 357 g/mol. The van der Waals surface area contributed by atoms with Crippen molar-refractivity contribution in [2.75, 3.05) is 26.2 Å². The van der Waals surface area contributed by atoms with Crippen LogP contribution in [0.5, 0.6) is 5.75 Å². The van der Waals surface area contributed by atoms with Crippen molar-refractivity contribution in [3.05, 3.63) is 32.3 Å². The Morgan fingerprint density at radius 3 is 2.71 bits per heavy atom. The highest BCUT2D eigenvalue weighted by Crippen LogP contribution is 2.39. The number of nitro benzene ring substituents is 1. The number of non-ortho nitro benzene ring substituents is 1. The van der Waals surface area contributed by atoms with Gasteiger partial charge in [-0.1, -0.05) is 13.3 Å². The summed E-state index contributed by atoms with van der Waals surface area (Å²) < 4.78 is 0.378. The van der Waals surface area contributed by atoms with Gasteiger partial charge >= 0.3 is 0 Å². The second-order valence-electron chi connectivity index (χ2n) is 5.21. The second kappa shape index (κ2) is 7.20. The molecule has 1 aromatic rings. The summed E-state index contributed by atoms with van der Waals surface area (Å²) in [5.74, 6) is 0.109. The SMILES string of the molecule is CCC[C@@H](c1cc([N+](=O)[O-])cc(Br)c1O)N1CCNCC1. The van der Waals surface area contributed by atoms with Gasteiger partial charge in [0.2, 0.25) is 0 Å². The maximum absolute atomic E-state index is 11.1. The average molecular weight is 358 g/mol. The highest BCUT2D eigenvalue weighted by Gasteiger charge is 2.27. The van der Waals surface area contributed by atoms with E-state index in [1.807, 2.05) is 0 Å². The van der Waals surface area contributed by atoms with E-state index in [2.05, 4.69) is 33.1 Å². The number of nitrogens with one attached hydrogen (secondary N) is 1. The molecule has 0 aliphatic carbocycles. The molecule has 0 aromatic heterocycles. The van der Waals surface area contributed by atoms with Crippen LogP contribution in [0.1, 0.15) is 31.4 Å². The Kier molecular flexibility index (Phi) is 5.55. The number of phenols is 1. The fourth-order valence-electron chi connectivity index (χ4n) is 2.77. The summed E-state index contributed by atoms with van der Waals surface area (Å²) in [6.45, 7) is 5.64. The van der Waals surface area contributed by atoms with Crippen LogP contribution in [0, 0.1) is 10.1 Å². The molecule has 1 aromatic carbocycles. The molecule has 1 saturated heterocycles. The molecular formula is C14H20BrN3O3. The zero-order valence-electron chi connectivity index (χ0n) is 12.0. The Morgan fingerprint density at radius 2 is 2.14 bits per heavy atom. The van der Waals surface area contributed by atoms with Crippen molar-refractivity contribution in [1.29, 1.82) is 0 Å². The minimum Gasteiger partial charge on any atom is -0.506 e. The summed E-state index contributed by atoms with van der Waals surface area (Å²) in [6.07, 6.45) is 1.81. The standard InChI is InChI=1S/C14H20BrN3O3/c1-2-3-13(17-6-4-16-5-7-17)11-8-10(18(20)21)9-12(15)14(11)19/h8-9,13,16,19H,2-7H2,1H3/t13-/m0/s1. The topological polar surface area (TPSA) is 78.6 Å². The molecule has 6 nitrogen and oxygen atoms in total. The molecule has 1 aliphatic rings. The first-order valence-electron chi connectivity index (χ1n) is 7.16. The number of hydrogen-bond acceptors (Lipinski definition) is 5. The van der Waals surface area contributed by atoms with E-state index >= 15 is 0 Å². The number of nitro groups is 1. The number of hydrogen-bond donors (Lipinski definition) is 2. The molecule has 1 fully saturated rings. The summed E-state index contributed by atoms with van der Waals surface area (Å²) >= 11 is 3.22. The molecular weight excluding hydrogens is 338 g/mol. The van der Waals surface area contributed by atoms with E-state index in [-0.39, 0.29) is 17.5 Å². The number of piperazine rings is 1. The van der Waals surface area contributed by atoms with E-state index in [0.717, 1.165) is 39.0 Å². The second-order valence-corrected chi connectivity index (χ2v) is 6.07. The van der Waals surface area contributed by atoms with E-state index in [1.165, 1.54) is 12.1 Å². The summed E-state index contributed by atoms with van der Waals surface area (Å²) in [6, 6.07) is 2.86. The van der Waals surface area contributed by atoms with Gasteiger partial charge in [-0.2, -0.15) is 0 Å². The zero-order chi connectivity index (χ0) is 15.4. The number of rotatable bonds is 5. The number of nitrogens with zero attached hydrogens (tertiary/aromatic N) is 2. The highest BCUT2D eigenvalue weighted by molar-refractivity contribution is 9.10. The van der Waals surface area contributed by atoms with Gasteiger partial charge in [-0.05, 0) is 22.4 Å². The van der Waals surface area contributed by atoms with Crippen LogP contribution in [0.15, 0.2) is 16.6 Å². The van der Waals surface area contributed by atoms with Gasteiger partial charge in [-0.25, -0.2) is 0 Å². The lowest BCUT2D eigenvalue weighted by Gasteiger charge is -2.35. The largest absolute Gasteiger partial charge is 0.506 e. The first kappa shape index (κ1) is 16.2. The van der Waals surface area contributed by atoms with Crippen molar-refractivity contribution in [3.8, 4) is 5.75 Å². The first-order chi connectivity index (χ1) is 10.0. The fraction of sp³-hybridized carbons (Fsp3) is 0.571. The van der Waals surface area contributed by atoms with E-state index < -0.39 is 4.92 Å². The predicted molar refractivity (Wildman–Crippen MR) is 84.6 cm³/mol. The van der Waals surface area contributed by atoms with E-state index in [9.17, 15) is 15.2 Å². The lowest BCUT2D eigenvalue weighted by Crippen LogP contribution is -2.45. The van der Waals surface area contributed by atoms with Crippen molar-refractivity contribution in [1.82, 2.24) is 10.2 Å². The van der Waals surface area contributed by atoms with Gasteiger partial charge in [-0.3, -0.25) is 15.0 Å². The molecule has 116 valence electrons. The van der Waals surface area contributed by atoms with Crippen LogP contribution in [-0.4, -0.2) is 41.1 Å². The molecule has 7 heteroatoms. The minimum absolute atomic E-state index is 0.00547. The molecule has 0 radical (unpaired) electrons. The minimum atomic E-state index is -0.422. The van der Waals surface area contributed by atoms with Gasteiger partial charge in [0, 0.05) is 49.9 Å². The molecule has 2 N–H and O–H groups in total. The zero-order valence-corrected chi connectivity index (χ0v) is 13.6. The Morgan fingerprint density at radius 1 is 1.48 bits per heavy atom. The maximum atomic E-state index is 11.1. The molecule has 1 aliphatic heterocycles. The van der Waals surface area contributed by atoms with Crippen molar-refractivity contribution < 1.29 is 10.0 Å². The van der Waals surface area contributed by atoms with Gasteiger partial charge in [-0.15, -0.1) is 0 Å². The summed E-state index contributed by atoms with van der Waals surface area (Å²) in [5, 5.41) is 24.7. The van der Waals surface area contributed by atoms with Gasteiger partial charge in [0.15, 0.2) is 0 Å². The normalized spacial score (nSPS) is 17.6. The molecule has 0 bridgehead atoms. The van der Waals surface area contributed by atoms with Crippen molar-refractivity contribution in [3.63, 3.8) is 0 Å². The smallest absolute Gasteiger partial charge is 0.271 e. The van der Waals surface area contributed by atoms with Crippen molar-refractivity contribution >= 4 is 21.6 Å². The predicted octanol–water partition coefficient (Wildman–Crippen LogP) is 2.81. The Labute approximate surface area is 132 Å². The van der Waals surface area contributed by atoms with Crippen LogP contribution in [0.3, 0.4) is 0 Å². The lowest BCUT2D eigenvalue weighted by atomic mass is 9.98. The van der Waals surface area contributed by atoms with Crippen molar-refractivity contribution in [2.24, 2.45) is 0 Å². The average Bonchev–Trinajstić information content (AvgIpc) is 2.48. The lowest BCUT2D eigenvalue weighted by molar-refractivity contribution is -0.385. The summed E-state index contributed by atoms with van der Waals surface area (Å²) in [4.78, 5) is 12.9. The summed E-state index contributed by atoms with van der Waals surface area (Å²) in [5.41, 5.74) is 0.644. The van der Waals surface area contributed by atoms with Crippen LogP contribution < -0.4 is 5.32 Å². The first-order valence-corrected chi connectivity index (χ1v) is 7.95. The number of benzene rings is 1. The van der Waals surface area contributed by atoms with E-state index in [1.54, 1.807) is 0 Å². The molecule has 0 spiro atoms. The van der Waals surface area contributed by atoms with Crippen molar-refractivity contribution in [2.45, 2.75) is 25.8 Å². The fourth-order valence-corrected chi connectivity index (χ4v) is 3.23. The van der Waals surface area contributed by atoms with Gasteiger partial charge in [0.25, 0.3) is 5.69 Å². The highest BCUT2D eigenvalue weighted by atomic mass is 79.9. The number of phenolic OH excluding ortho intramolecular Hbond substituents is 1. The maximum Gasteiger partial charge on any atom is 0.271 e. The van der Waals surface area contributed by atoms with Gasteiger partial charge < -0.3 is 10.4 Å². The third-order valence-electron chi connectivity index (χ3n) is 3.80. The molecule has 1 atom stereocenters. The quantitative estimate of drug-likeness (QED) is 0.625. The van der Waals surface area contributed by atoms with Crippen LogP contribution in [0.2, 0.25) is 0 Å². The number of aromatic hydroxyl groups is 1. The van der Waals surface area contributed by atoms with Crippen LogP contribution >= 0.6 is 15.9 Å². The molecule has 0 amide bonds. The van der Waals surface area contributed by atoms with E-state index in [0.29, 0.717) is 10.0 Å². The molecule has 2 rings (SSSR count). The summed E-state index contributed by atoms with van der Waals surface area (Å²) in [7, 11) is 0. The Bertz CT molecular complexity index is 518. The van der Waals surface area contributed by atoms with Gasteiger partial charge in [0.1, 0.15) is 5.75 Å². The number of halogens is 1. The molecule has 21 heavy (non-hydrogen) atoms. The molecule has 0 unspecified atom stereocenters. The van der Waals surface area contributed by atoms with Crippen LogP contribution in [0.25, 0.3) is 0 Å². The van der Waals surface area contributed by atoms with E-state index in [4.69, 9.17) is 0 Å².